The lowest BCUT2D eigenvalue weighted by Gasteiger charge is -2.40. The fourth-order valence-electron chi connectivity index (χ4n) is 7.54. The number of carbonyl (C=O) groups excluding carboxylic acids is 2. The van der Waals surface area contributed by atoms with Gasteiger partial charge < -0.3 is 19.7 Å². The second-order valence-corrected chi connectivity index (χ2v) is 22.8. The number of nitrogens with zero attached hydrogens (tertiary/aromatic N) is 7. The lowest BCUT2D eigenvalue weighted by molar-refractivity contribution is -0.147. The third-order valence-electron chi connectivity index (χ3n) is 10.2. The molecule has 51 heavy (non-hydrogen) atoms. The third-order valence-corrected chi connectivity index (χ3v) is 19.4. The number of methoxy groups -OCH3 is 2. The van der Waals surface area contributed by atoms with Gasteiger partial charge in [0.1, 0.15) is 7.40 Å². The zero-order chi connectivity index (χ0) is 36.8. The quantitative estimate of drug-likeness (QED) is 0.232. The monoisotopic (exact) mass is 1070 g/mol. The van der Waals surface area contributed by atoms with Crippen molar-refractivity contribution in [2.45, 2.75) is 48.0 Å². The Labute approximate surface area is 338 Å². The van der Waals surface area contributed by atoms with E-state index in [1.807, 2.05) is 0 Å². The molecule has 4 aromatic rings. The molecule has 4 fully saturated rings. The standard InChI is InChI=1S/C14H17IN4O4S2.C10H17NO4S.C4HBrIN3S/c1-23-11(20)9-2-7-25(21,22)14(9)3-5-18(6-4-14)13-17-19-10(15)8-16-12(19)24-13;1-15-9(12)8-2-7-16(13,14)10(8)3-5-11-6-4-10;5-3-8-9-2(6)1-7-4(9)10-3/h8-9H,2-7H2,1H3;8,11H,2-7H2,1H3;1H. The number of aromatic nitrogens is 6. The maximum Gasteiger partial charge on any atom is 0.310 e. The molecule has 4 aliphatic rings. The largest absolute Gasteiger partial charge is 0.469 e. The van der Waals surface area contributed by atoms with Gasteiger partial charge in [-0.3, -0.25) is 9.59 Å². The van der Waals surface area contributed by atoms with Crippen molar-refractivity contribution in [2.75, 3.05) is 56.8 Å². The summed E-state index contributed by atoms with van der Waals surface area (Å²) in [6, 6.07) is 0. The molecule has 0 aliphatic carbocycles. The smallest absolute Gasteiger partial charge is 0.310 e. The zero-order valence-corrected chi connectivity index (χ0v) is 36.6. The average molecular weight is 1070 g/mol. The van der Waals surface area contributed by atoms with Crippen LogP contribution < -0.4 is 10.2 Å². The number of nitrogens with one attached hydrogen (secondary N) is 1. The van der Waals surface area contributed by atoms with Gasteiger partial charge in [-0.15, -0.1) is 10.2 Å². The van der Waals surface area contributed by atoms with E-state index in [9.17, 15) is 26.4 Å². The van der Waals surface area contributed by atoms with Crippen molar-refractivity contribution in [3.8, 4) is 0 Å². The van der Waals surface area contributed by atoms with E-state index in [1.54, 1.807) is 21.4 Å². The highest BCUT2D eigenvalue weighted by molar-refractivity contribution is 14.1. The van der Waals surface area contributed by atoms with Crippen molar-refractivity contribution in [3.63, 3.8) is 0 Å². The molecule has 2 spiro atoms. The molecule has 23 heteroatoms. The number of imidazole rings is 2. The Morgan fingerprint density at radius 1 is 0.824 bits per heavy atom. The fraction of sp³-hybridized carbons (Fsp3) is 0.643. The summed E-state index contributed by atoms with van der Waals surface area (Å²) in [4.78, 5) is 36.0. The molecule has 1 N–H and O–H groups in total. The van der Waals surface area contributed by atoms with Crippen LogP contribution in [0, 0.1) is 19.2 Å². The van der Waals surface area contributed by atoms with Crippen LogP contribution >= 0.6 is 83.8 Å². The summed E-state index contributed by atoms with van der Waals surface area (Å²) in [6.45, 7) is 2.43. The van der Waals surface area contributed by atoms with Crippen LogP contribution in [0.1, 0.15) is 38.5 Å². The maximum absolute atomic E-state index is 12.7. The fourth-order valence-corrected chi connectivity index (χ4v) is 15.8. The molecular formula is C28H35BrI2N8O8S4. The Morgan fingerprint density at radius 2 is 1.29 bits per heavy atom. The number of anilines is 1. The molecule has 2 atom stereocenters. The van der Waals surface area contributed by atoms with Crippen LogP contribution in [0.4, 0.5) is 5.13 Å². The number of sulfone groups is 2. The highest BCUT2D eigenvalue weighted by Gasteiger charge is 2.59. The van der Waals surface area contributed by atoms with Crippen molar-refractivity contribution in [1.29, 1.82) is 0 Å². The molecular weight excluding hydrogens is 1040 g/mol. The number of halogens is 3. The van der Waals surface area contributed by atoms with Crippen LogP contribution in [0.3, 0.4) is 0 Å². The summed E-state index contributed by atoms with van der Waals surface area (Å²) in [5, 5.41) is 12.7. The third kappa shape index (κ3) is 7.30. The molecule has 0 saturated carbocycles. The summed E-state index contributed by atoms with van der Waals surface area (Å²) < 4.78 is 63.9. The molecule has 0 amide bonds. The summed E-state index contributed by atoms with van der Waals surface area (Å²) >= 11 is 10.7. The lowest BCUT2D eigenvalue weighted by atomic mass is 9.82. The van der Waals surface area contributed by atoms with Crippen LogP contribution in [0.5, 0.6) is 0 Å². The van der Waals surface area contributed by atoms with Gasteiger partial charge in [0.05, 0.1) is 59.4 Å². The zero-order valence-electron chi connectivity index (χ0n) is 27.5. The molecule has 2 unspecified atom stereocenters. The minimum Gasteiger partial charge on any atom is -0.469 e. The first-order valence-electron chi connectivity index (χ1n) is 15.9. The van der Waals surface area contributed by atoms with E-state index < -0.39 is 47.0 Å². The predicted molar refractivity (Wildman–Crippen MR) is 212 cm³/mol. The molecule has 0 aromatic carbocycles. The van der Waals surface area contributed by atoms with Crippen molar-refractivity contribution in [2.24, 2.45) is 11.8 Å². The molecule has 8 heterocycles. The number of rotatable bonds is 3. The van der Waals surface area contributed by atoms with Gasteiger partial charge in [0.15, 0.2) is 23.6 Å². The molecule has 4 aliphatic heterocycles. The highest BCUT2D eigenvalue weighted by atomic mass is 127. The van der Waals surface area contributed by atoms with Gasteiger partial charge in [0.25, 0.3) is 0 Å². The van der Waals surface area contributed by atoms with E-state index in [1.165, 1.54) is 36.9 Å². The normalized spacial score (nSPS) is 24.2. The van der Waals surface area contributed by atoms with Gasteiger partial charge in [-0.05, 0) is 113 Å². The second kappa shape index (κ2) is 15.5. The van der Waals surface area contributed by atoms with Crippen molar-refractivity contribution >= 4 is 130 Å². The molecule has 16 nitrogen and oxygen atoms in total. The van der Waals surface area contributed by atoms with E-state index in [4.69, 9.17) is 9.47 Å². The average Bonchev–Trinajstić information content (AvgIpc) is 3.95. The first-order valence-corrected chi connectivity index (χ1v) is 23.8. The Morgan fingerprint density at radius 3 is 1.76 bits per heavy atom. The van der Waals surface area contributed by atoms with Crippen molar-refractivity contribution < 1.29 is 35.9 Å². The van der Waals surface area contributed by atoms with Crippen LogP contribution in [-0.2, 0) is 38.7 Å². The Hall–Kier alpha value is -1.26. The van der Waals surface area contributed by atoms with E-state index >= 15 is 0 Å². The summed E-state index contributed by atoms with van der Waals surface area (Å²) in [5.41, 5.74) is 0. The number of ether oxygens (including phenoxy) is 2. The number of fused-ring (bicyclic) bond motifs is 2. The number of hydrogen-bond donors (Lipinski definition) is 1. The second-order valence-electron chi connectivity index (χ2n) is 12.5. The van der Waals surface area contributed by atoms with E-state index in [0.29, 0.717) is 64.7 Å². The molecule has 4 saturated heterocycles. The molecule has 0 bridgehead atoms. The first kappa shape index (κ1) is 39.4. The summed E-state index contributed by atoms with van der Waals surface area (Å²) in [6.07, 6.45) is 6.23. The van der Waals surface area contributed by atoms with Gasteiger partial charge >= 0.3 is 11.9 Å². The predicted octanol–water partition coefficient (Wildman–Crippen LogP) is 3.22. The number of piperidine rings is 2. The summed E-state index contributed by atoms with van der Waals surface area (Å²) in [7, 11) is -3.81. The number of esters is 2. The van der Waals surface area contributed by atoms with Gasteiger partial charge in [-0.2, -0.15) is 9.03 Å². The Bertz CT molecular complexity index is 2140. The molecule has 280 valence electrons. The van der Waals surface area contributed by atoms with Crippen LogP contribution in [0.25, 0.3) is 9.92 Å². The van der Waals surface area contributed by atoms with Crippen LogP contribution in [0.2, 0.25) is 0 Å². The maximum atomic E-state index is 12.7. The number of carbonyl (C=O) groups is 2. The Balaban J connectivity index is 0.000000146. The van der Waals surface area contributed by atoms with E-state index in [0.717, 1.165) is 26.4 Å². The van der Waals surface area contributed by atoms with E-state index in [-0.39, 0.29) is 17.5 Å². The SMILES string of the molecule is Brc1nn2c(I)cnc2s1.COC(=O)C1CCS(=O)(=O)C12CCN(c1nn3c(I)cnc3s1)CC2.COC(=O)C1CCS(=O)(=O)C12CCNCC2. The van der Waals surface area contributed by atoms with Crippen molar-refractivity contribution in [1.82, 2.24) is 34.5 Å². The van der Waals surface area contributed by atoms with E-state index in [2.05, 4.69) is 91.5 Å². The molecule has 0 radical (unpaired) electrons. The van der Waals surface area contributed by atoms with Gasteiger partial charge in [0, 0.05) is 13.1 Å². The number of hydrogen-bond acceptors (Lipinski definition) is 16. The van der Waals surface area contributed by atoms with Crippen LogP contribution in [-0.4, -0.2) is 119 Å². The van der Waals surface area contributed by atoms with Crippen molar-refractivity contribution in [3.05, 3.63) is 23.7 Å². The van der Waals surface area contributed by atoms with Gasteiger partial charge in [0.2, 0.25) is 15.1 Å². The lowest BCUT2D eigenvalue weighted by Crippen LogP contribution is -2.52. The topological polar surface area (TPSA) is 197 Å². The minimum atomic E-state index is -3.30. The highest BCUT2D eigenvalue weighted by Crippen LogP contribution is 2.47. The van der Waals surface area contributed by atoms with Gasteiger partial charge in [-0.25, -0.2) is 26.8 Å². The minimum absolute atomic E-state index is 0.0655. The molecule has 8 rings (SSSR count). The van der Waals surface area contributed by atoms with Gasteiger partial charge in [-0.1, -0.05) is 22.7 Å². The molecule has 4 aromatic heterocycles. The first-order chi connectivity index (χ1) is 24.2. The van der Waals surface area contributed by atoms with Crippen LogP contribution in [0.15, 0.2) is 16.3 Å². The Kier molecular flexibility index (Phi) is 12.0. The summed E-state index contributed by atoms with van der Waals surface area (Å²) in [5.74, 6) is -1.62.